The molecule has 0 spiro atoms. The van der Waals surface area contributed by atoms with Crippen molar-refractivity contribution in [3.8, 4) is 0 Å². The second kappa shape index (κ2) is 12.1. The molecule has 0 saturated heterocycles. The van der Waals surface area contributed by atoms with E-state index in [0.29, 0.717) is 12.0 Å². The van der Waals surface area contributed by atoms with Crippen molar-refractivity contribution in [2.24, 2.45) is 0 Å². The molecule has 0 radical (unpaired) electrons. The van der Waals surface area contributed by atoms with Gasteiger partial charge in [0.15, 0.2) is 6.54 Å². The van der Waals surface area contributed by atoms with Gasteiger partial charge in [0.1, 0.15) is 10.7 Å². The molecule has 2 heterocycles. The van der Waals surface area contributed by atoms with Gasteiger partial charge in [-0.3, -0.25) is 0 Å². The second-order valence-corrected chi connectivity index (χ2v) is 11.1. The number of para-hydroxylation sites is 1. The van der Waals surface area contributed by atoms with Crippen LogP contribution in [0.4, 0.5) is 11.4 Å². The molecule has 1 aliphatic heterocycles. The van der Waals surface area contributed by atoms with Crippen LogP contribution in [-0.4, -0.2) is 18.3 Å². The standard InChI is InChI=1S/C29H26N2O2S2.BrH.Na/c1-34-21-13-11-20(12-14-21)31-24-7-4-5-22(24)23-17-19(9-15-25(23)31)10-16-28-30(18-29(32)33)26-6-2-3-8-27(26)35-28;;/h2-3,6,8-17,22,24H,4-5,7,18H2,1H3;1H;/q;;+1/p-1. The van der Waals surface area contributed by atoms with Crippen LogP contribution in [0.3, 0.4) is 0 Å². The van der Waals surface area contributed by atoms with Crippen molar-refractivity contribution in [3.05, 3.63) is 82.9 Å². The van der Waals surface area contributed by atoms with E-state index in [2.05, 4.69) is 59.7 Å². The summed E-state index contributed by atoms with van der Waals surface area (Å²) in [6, 6.07) is 24.1. The monoisotopic (exact) mass is 600 g/mol. The predicted molar refractivity (Wildman–Crippen MR) is 143 cm³/mol. The molecule has 2 aliphatic rings. The largest absolute Gasteiger partial charge is 1.00 e. The molecule has 6 rings (SSSR count). The van der Waals surface area contributed by atoms with E-state index in [1.165, 1.54) is 41.1 Å². The Bertz CT molecular complexity index is 1450. The van der Waals surface area contributed by atoms with Crippen molar-refractivity contribution in [1.82, 2.24) is 0 Å². The molecule has 8 heteroatoms. The first kappa shape index (κ1) is 28.4. The molecule has 184 valence electrons. The maximum Gasteiger partial charge on any atom is 1.00 e. The molecule has 1 saturated carbocycles. The van der Waals surface area contributed by atoms with Crippen LogP contribution < -0.4 is 61.1 Å². The molecule has 2 unspecified atom stereocenters. The number of nitrogens with zero attached hydrogens (tertiary/aromatic N) is 2. The van der Waals surface area contributed by atoms with Gasteiger partial charge in [-0.2, -0.15) is 4.57 Å². The Morgan fingerprint density at radius 1 is 1.11 bits per heavy atom. The number of benzene rings is 3. The molecule has 1 aliphatic carbocycles. The van der Waals surface area contributed by atoms with Gasteiger partial charge >= 0.3 is 29.6 Å². The van der Waals surface area contributed by atoms with E-state index in [1.54, 1.807) is 23.1 Å². The van der Waals surface area contributed by atoms with Crippen molar-refractivity contribution in [2.75, 3.05) is 11.2 Å². The molecule has 3 aromatic carbocycles. The summed E-state index contributed by atoms with van der Waals surface area (Å²) in [7, 11) is 0. The number of hydrogen-bond donors (Lipinski definition) is 0. The van der Waals surface area contributed by atoms with Gasteiger partial charge in [0.25, 0.3) is 5.01 Å². The number of hydrogen-bond acceptors (Lipinski definition) is 5. The Labute approximate surface area is 258 Å². The minimum Gasteiger partial charge on any atom is -1.00 e. The van der Waals surface area contributed by atoms with E-state index < -0.39 is 5.97 Å². The summed E-state index contributed by atoms with van der Waals surface area (Å²) in [5.41, 5.74) is 6.10. The maximum atomic E-state index is 11.4. The van der Waals surface area contributed by atoms with Crippen LogP contribution in [-0.2, 0) is 11.3 Å². The van der Waals surface area contributed by atoms with Gasteiger partial charge in [-0.1, -0.05) is 36.0 Å². The first-order valence-corrected chi connectivity index (χ1v) is 14.0. The number of carbonyl (C=O) groups excluding carboxylic acids is 1. The SMILES string of the molecule is CSc1ccc(N2c3ccc(/C=C/c4sc5ccccc5[n+]4CC(=O)[O-])cc3C3CCCC32)cc1.[Br-].[Na+]. The normalized spacial score (nSPS) is 17.9. The Hall–Kier alpha value is -1.61. The predicted octanol–water partition coefficient (Wildman–Crippen LogP) is -0.373. The van der Waals surface area contributed by atoms with E-state index in [4.69, 9.17) is 0 Å². The fourth-order valence-corrected chi connectivity index (χ4v) is 7.17. The van der Waals surface area contributed by atoms with Crippen molar-refractivity contribution in [2.45, 2.75) is 42.7 Å². The van der Waals surface area contributed by atoms with Crippen molar-refractivity contribution in [1.29, 1.82) is 0 Å². The molecule has 4 aromatic rings. The summed E-state index contributed by atoms with van der Waals surface area (Å²) in [6.07, 6.45) is 9.97. The zero-order valence-corrected chi connectivity index (χ0v) is 26.1. The number of carboxylic acids is 1. The van der Waals surface area contributed by atoms with Gasteiger partial charge in [0.05, 0.1) is 0 Å². The van der Waals surface area contributed by atoms with Gasteiger partial charge in [0, 0.05) is 40.4 Å². The van der Waals surface area contributed by atoms with Crippen molar-refractivity contribution >= 4 is 62.8 Å². The van der Waals surface area contributed by atoms with Gasteiger partial charge in [-0.25, -0.2) is 0 Å². The van der Waals surface area contributed by atoms with Crippen LogP contribution in [0.25, 0.3) is 22.4 Å². The zero-order valence-electron chi connectivity index (χ0n) is 20.9. The molecule has 1 fully saturated rings. The smallest absolute Gasteiger partial charge is 1.00 e. The Kier molecular flexibility index (Phi) is 9.25. The summed E-state index contributed by atoms with van der Waals surface area (Å²) in [4.78, 5) is 15.2. The van der Waals surface area contributed by atoms with Gasteiger partial charge in [-0.15, -0.1) is 11.8 Å². The van der Waals surface area contributed by atoms with E-state index >= 15 is 0 Å². The minimum absolute atomic E-state index is 0. The van der Waals surface area contributed by atoms with Gasteiger partial charge in [0.2, 0.25) is 5.52 Å². The third-order valence-corrected chi connectivity index (χ3v) is 9.09. The Balaban J connectivity index is 0.00000160. The topological polar surface area (TPSA) is 47.2 Å². The molecular weight excluding hydrogens is 575 g/mol. The first-order chi connectivity index (χ1) is 17.1. The van der Waals surface area contributed by atoms with Gasteiger partial charge < -0.3 is 31.8 Å². The van der Waals surface area contributed by atoms with E-state index in [9.17, 15) is 9.90 Å². The molecule has 37 heavy (non-hydrogen) atoms. The number of thiazole rings is 1. The molecule has 0 amide bonds. The van der Waals surface area contributed by atoms with Crippen LogP contribution in [0.2, 0.25) is 0 Å². The first-order valence-electron chi connectivity index (χ1n) is 12.0. The maximum absolute atomic E-state index is 11.4. The zero-order chi connectivity index (χ0) is 23.9. The van der Waals surface area contributed by atoms with Crippen LogP contribution in [0.1, 0.15) is 41.3 Å². The van der Waals surface area contributed by atoms with E-state index in [0.717, 1.165) is 20.8 Å². The molecule has 0 N–H and O–H groups in total. The Morgan fingerprint density at radius 2 is 1.89 bits per heavy atom. The number of rotatable bonds is 6. The van der Waals surface area contributed by atoms with Crippen LogP contribution in [0, 0.1) is 0 Å². The summed E-state index contributed by atoms with van der Waals surface area (Å²) >= 11 is 3.37. The number of carbonyl (C=O) groups is 1. The van der Waals surface area contributed by atoms with E-state index in [-0.39, 0.29) is 53.1 Å². The van der Waals surface area contributed by atoms with E-state index in [1.807, 2.05) is 34.9 Å². The molecule has 0 bridgehead atoms. The average Bonchev–Trinajstić information content (AvgIpc) is 3.56. The fraction of sp³-hybridized carbons (Fsp3) is 0.241. The number of thioether (sulfide) groups is 1. The fourth-order valence-electron chi connectivity index (χ4n) is 5.69. The van der Waals surface area contributed by atoms with Crippen molar-refractivity contribution in [3.63, 3.8) is 0 Å². The number of anilines is 2. The minimum atomic E-state index is -1.08. The third-order valence-electron chi connectivity index (χ3n) is 7.21. The molecule has 2 atom stereocenters. The summed E-state index contributed by atoms with van der Waals surface area (Å²) in [6.45, 7) is -0.151. The van der Waals surface area contributed by atoms with Crippen molar-refractivity contribution < 1.29 is 61.0 Å². The number of carboxylic acid groups (broad SMARTS) is 1. The third kappa shape index (κ3) is 5.45. The van der Waals surface area contributed by atoms with Crippen LogP contribution >= 0.6 is 23.1 Å². The average molecular weight is 602 g/mol. The number of halogens is 1. The number of aromatic nitrogens is 1. The van der Waals surface area contributed by atoms with Crippen LogP contribution in [0.15, 0.2) is 71.6 Å². The second-order valence-electron chi connectivity index (χ2n) is 9.19. The molecular formula is C29H26BrN2NaO2S2. The Morgan fingerprint density at radius 3 is 2.65 bits per heavy atom. The quantitative estimate of drug-likeness (QED) is 0.172. The summed E-state index contributed by atoms with van der Waals surface area (Å²) in [5, 5.41) is 12.3. The number of aliphatic carboxylic acids is 1. The summed E-state index contributed by atoms with van der Waals surface area (Å²) < 4.78 is 2.89. The summed E-state index contributed by atoms with van der Waals surface area (Å²) in [5.74, 6) is -0.519. The molecule has 4 nitrogen and oxygen atoms in total. The van der Waals surface area contributed by atoms with Gasteiger partial charge in [-0.05, 0) is 78.8 Å². The number of fused-ring (bicyclic) bond motifs is 4. The van der Waals surface area contributed by atoms with Crippen LogP contribution in [0.5, 0.6) is 0 Å². The molecule has 1 aromatic heterocycles.